The second-order valence-electron chi connectivity index (χ2n) is 4.19. The van der Waals surface area contributed by atoms with Gasteiger partial charge in [0.05, 0.1) is 6.04 Å². The number of likely N-dealkylation sites (N-methyl/N-ethyl adjacent to an activating group) is 1. The smallest absolute Gasteiger partial charge is 0.387 e. The molecule has 2 atom stereocenters. The predicted octanol–water partition coefficient (Wildman–Crippen LogP) is 1.74. The lowest BCUT2D eigenvalue weighted by Gasteiger charge is -2.19. The normalized spacial score (nSPS) is 23.8. The van der Waals surface area contributed by atoms with Gasteiger partial charge in [-0.1, -0.05) is 12.1 Å². The van der Waals surface area contributed by atoms with E-state index in [0.29, 0.717) is 0 Å². The van der Waals surface area contributed by atoms with E-state index in [1.54, 1.807) is 31.0 Å². The van der Waals surface area contributed by atoms with Crippen molar-refractivity contribution in [3.63, 3.8) is 0 Å². The molecule has 1 heterocycles. The lowest BCUT2D eigenvalue weighted by atomic mass is 10.1. The summed E-state index contributed by atoms with van der Waals surface area (Å²) in [5.41, 5.74) is 0.830. The van der Waals surface area contributed by atoms with Gasteiger partial charge in [0.2, 0.25) is 5.91 Å². The number of rotatable bonds is 3. The van der Waals surface area contributed by atoms with Gasteiger partial charge in [-0.25, -0.2) is 0 Å². The first-order chi connectivity index (χ1) is 8.49. The SMILES string of the molecule is CC1NC(c2ccc(OC(F)F)cc2)N(C)C1=O. The zero-order valence-electron chi connectivity index (χ0n) is 10.1. The Morgan fingerprint density at radius 3 is 2.39 bits per heavy atom. The van der Waals surface area contributed by atoms with Crippen LogP contribution in [-0.2, 0) is 4.79 Å². The van der Waals surface area contributed by atoms with Crippen molar-refractivity contribution in [2.24, 2.45) is 0 Å². The minimum atomic E-state index is -2.83. The molecule has 0 aliphatic carbocycles. The molecule has 0 aromatic heterocycles. The first-order valence-electron chi connectivity index (χ1n) is 5.56. The molecule has 4 nitrogen and oxygen atoms in total. The molecule has 1 fully saturated rings. The van der Waals surface area contributed by atoms with Crippen molar-refractivity contribution in [1.82, 2.24) is 10.2 Å². The molecule has 1 aromatic rings. The van der Waals surface area contributed by atoms with Gasteiger partial charge in [0.15, 0.2) is 0 Å². The Labute approximate surface area is 104 Å². The Bertz CT molecular complexity index is 436. The molecule has 6 heteroatoms. The predicted molar refractivity (Wildman–Crippen MR) is 61.2 cm³/mol. The van der Waals surface area contributed by atoms with Crippen LogP contribution < -0.4 is 10.1 Å². The van der Waals surface area contributed by atoms with E-state index in [1.807, 2.05) is 0 Å². The quantitative estimate of drug-likeness (QED) is 0.895. The Morgan fingerprint density at radius 1 is 1.33 bits per heavy atom. The molecule has 2 rings (SSSR count). The van der Waals surface area contributed by atoms with Gasteiger partial charge in [-0.2, -0.15) is 8.78 Å². The zero-order valence-corrected chi connectivity index (χ0v) is 10.1. The summed E-state index contributed by atoms with van der Waals surface area (Å²) in [5, 5.41) is 3.12. The van der Waals surface area contributed by atoms with Crippen LogP contribution in [0.1, 0.15) is 18.7 Å². The minimum absolute atomic E-state index is 0.00732. The van der Waals surface area contributed by atoms with Crippen LogP contribution in [0, 0.1) is 0 Å². The average molecular weight is 256 g/mol. The largest absolute Gasteiger partial charge is 0.435 e. The maximum atomic E-state index is 12.0. The summed E-state index contributed by atoms with van der Waals surface area (Å²) in [6, 6.07) is 6.01. The Kier molecular flexibility index (Phi) is 3.47. The number of nitrogens with zero attached hydrogens (tertiary/aromatic N) is 1. The van der Waals surface area contributed by atoms with Crippen molar-refractivity contribution in [3.05, 3.63) is 29.8 Å². The number of carbonyl (C=O) groups excluding carboxylic acids is 1. The molecule has 98 valence electrons. The molecule has 1 aromatic carbocycles. The van der Waals surface area contributed by atoms with E-state index in [-0.39, 0.29) is 23.9 Å². The first-order valence-corrected chi connectivity index (χ1v) is 5.56. The highest BCUT2D eigenvalue weighted by Crippen LogP contribution is 2.25. The molecular formula is C12H14F2N2O2. The van der Waals surface area contributed by atoms with E-state index in [0.717, 1.165) is 5.56 Å². The molecule has 0 spiro atoms. The van der Waals surface area contributed by atoms with E-state index >= 15 is 0 Å². The van der Waals surface area contributed by atoms with Crippen molar-refractivity contribution >= 4 is 5.91 Å². The molecular weight excluding hydrogens is 242 g/mol. The van der Waals surface area contributed by atoms with Crippen molar-refractivity contribution in [3.8, 4) is 5.75 Å². The lowest BCUT2D eigenvalue weighted by Crippen LogP contribution is -2.25. The van der Waals surface area contributed by atoms with Gasteiger partial charge in [-0.05, 0) is 24.6 Å². The number of carbonyl (C=O) groups is 1. The standard InChI is InChI=1S/C12H14F2N2O2/c1-7-11(17)16(2)10(15-7)8-3-5-9(6-4-8)18-12(13)14/h3-7,10,12,15H,1-2H3. The summed E-state index contributed by atoms with van der Waals surface area (Å²) >= 11 is 0. The maximum Gasteiger partial charge on any atom is 0.387 e. The number of amides is 1. The number of hydrogen-bond donors (Lipinski definition) is 1. The van der Waals surface area contributed by atoms with E-state index < -0.39 is 6.61 Å². The molecule has 0 saturated carbocycles. The van der Waals surface area contributed by atoms with Gasteiger partial charge in [-0.3, -0.25) is 10.1 Å². The molecule has 2 unspecified atom stereocenters. The van der Waals surface area contributed by atoms with Crippen LogP contribution in [0.15, 0.2) is 24.3 Å². The highest BCUT2D eigenvalue weighted by molar-refractivity contribution is 5.83. The van der Waals surface area contributed by atoms with Crippen molar-refractivity contribution in [2.75, 3.05) is 7.05 Å². The highest BCUT2D eigenvalue weighted by atomic mass is 19.3. The first kappa shape index (κ1) is 12.8. The number of ether oxygens (including phenoxy) is 1. The number of hydrogen-bond acceptors (Lipinski definition) is 3. The van der Waals surface area contributed by atoms with Crippen molar-refractivity contribution in [2.45, 2.75) is 25.7 Å². The Balaban J connectivity index is 2.13. The molecule has 1 saturated heterocycles. The fourth-order valence-electron chi connectivity index (χ4n) is 2.00. The van der Waals surface area contributed by atoms with E-state index in [1.165, 1.54) is 12.1 Å². The summed E-state index contributed by atoms with van der Waals surface area (Å²) in [7, 11) is 1.70. The van der Waals surface area contributed by atoms with E-state index in [2.05, 4.69) is 10.1 Å². The molecule has 0 bridgehead atoms. The molecule has 18 heavy (non-hydrogen) atoms. The maximum absolute atomic E-state index is 12.0. The van der Waals surface area contributed by atoms with Crippen LogP contribution in [0.4, 0.5) is 8.78 Å². The summed E-state index contributed by atoms with van der Waals surface area (Å²) in [4.78, 5) is 13.2. The fourth-order valence-corrected chi connectivity index (χ4v) is 2.00. The summed E-state index contributed by atoms with van der Waals surface area (Å²) in [6.07, 6.45) is -0.229. The van der Waals surface area contributed by atoms with Crippen LogP contribution in [0.3, 0.4) is 0 Å². The summed E-state index contributed by atoms with van der Waals surface area (Å²) in [5.74, 6) is 0.113. The third kappa shape index (κ3) is 2.43. The Hall–Kier alpha value is -1.69. The van der Waals surface area contributed by atoms with Crippen molar-refractivity contribution in [1.29, 1.82) is 0 Å². The van der Waals surface area contributed by atoms with Gasteiger partial charge >= 0.3 is 6.61 Å². The summed E-state index contributed by atoms with van der Waals surface area (Å²) in [6.45, 7) is -1.04. The number of halogens is 2. The molecule has 0 radical (unpaired) electrons. The second-order valence-corrected chi connectivity index (χ2v) is 4.19. The fraction of sp³-hybridized carbons (Fsp3) is 0.417. The van der Waals surface area contributed by atoms with Crippen LogP contribution in [0.2, 0.25) is 0 Å². The third-order valence-electron chi connectivity index (χ3n) is 2.93. The minimum Gasteiger partial charge on any atom is -0.435 e. The van der Waals surface area contributed by atoms with Crippen LogP contribution in [0.5, 0.6) is 5.75 Å². The van der Waals surface area contributed by atoms with Crippen LogP contribution in [-0.4, -0.2) is 30.5 Å². The topological polar surface area (TPSA) is 41.6 Å². The highest BCUT2D eigenvalue weighted by Gasteiger charge is 2.34. The summed E-state index contributed by atoms with van der Waals surface area (Å²) < 4.78 is 28.3. The van der Waals surface area contributed by atoms with Crippen LogP contribution in [0.25, 0.3) is 0 Å². The number of nitrogens with one attached hydrogen (secondary N) is 1. The van der Waals surface area contributed by atoms with Gasteiger partial charge in [0.1, 0.15) is 11.9 Å². The number of alkyl halides is 2. The molecule has 1 aliphatic rings. The van der Waals surface area contributed by atoms with E-state index in [4.69, 9.17) is 0 Å². The second kappa shape index (κ2) is 4.89. The van der Waals surface area contributed by atoms with Gasteiger partial charge < -0.3 is 9.64 Å². The van der Waals surface area contributed by atoms with Crippen molar-refractivity contribution < 1.29 is 18.3 Å². The number of benzene rings is 1. The van der Waals surface area contributed by atoms with Gasteiger partial charge in [0, 0.05) is 7.05 Å². The van der Waals surface area contributed by atoms with E-state index in [9.17, 15) is 13.6 Å². The Morgan fingerprint density at radius 2 is 1.94 bits per heavy atom. The lowest BCUT2D eigenvalue weighted by molar-refractivity contribution is -0.128. The zero-order chi connectivity index (χ0) is 13.3. The average Bonchev–Trinajstić information content (AvgIpc) is 2.57. The third-order valence-corrected chi connectivity index (χ3v) is 2.93. The molecule has 1 aliphatic heterocycles. The van der Waals surface area contributed by atoms with Crippen LogP contribution >= 0.6 is 0 Å². The monoisotopic (exact) mass is 256 g/mol. The molecule has 1 N–H and O–H groups in total. The van der Waals surface area contributed by atoms with Gasteiger partial charge in [0.25, 0.3) is 0 Å². The molecule has 1 amide bonds. The van der Waals surface area contributed by atoms with Gasteiger partial charge in [-0.15, -0.1) is 0 Å².